The number of alkyl halides is 2. The van der Waals surface area contributed by atoms with Crippen molar-refractivity contribution in [1.82, 2.24) is 19.7 Å². The van der Waals surface area contributed by atoms with E-state index >= 15 is 0 Å². The van der Waals surface area contributed by atoms with Gasteiger partial charge < -0.3 is 5.32 Å². The Morgan fingerprint density at radius 3 is 2.66 bits per heavy atom. The second-order valence-electron chi connectivity index (χ2n) is 9.01. The molecule has 0 spiro atoms. The molecule has 2 aliphatic rings. The Bertz CT molecular complexity index is 1140. The van der Waals surface area contributed by atoms with Crippen LogP contribution in [0.1, 0.15) is 37.8 Å². The first-order valence-corrected chi connectivity index (χ1v) is 11.2. The molecule has 5 rings (SSSR count). The number of anilines is 1. The van der Waals surface area contributed by atoms with Gasteiger partial charge in [-0.25, -0.2) is 13.8 Å². The van der Waals surface area contributed by atoms with Crippen LogP contribution < -0.4 is 5.32 Å². The number of amides is 1. The number of nitrogens with one attached hydrogen (secondary N) is 1. The number of hydrogen-bond donors (Lipinski definition) is 1. The maximum atomic E-state index is 13.4. The molecule has 0 unspecified atom stereocenters. The maximum Gasteiger partial charge on any atom is 0.248 e. The van der Waals surface area contributed by atoms with Gasteiger partial charge in [0.25, 0.3) is 0 Å². The summed E-state index contributed by atoms with van der Waals surface area (Å²) in [4.78, 5) is 19.3. The molecule has 2 aromatic heterocycles. The van der Waals surface area contributed by atoms with E-state index in [1.165, 1.54) is 12.1 Å². The van der Waals surface area contributed by atoms with Gasteiger partial charge in [-0.05, 0) is 55.4 Å². The van der Waals surface area contributed by atoms with Crippen molar-refractivity contribution in [1.29, 1.82) is 0 Å². The highest BCUT2D eigenvalue weighted by molar-refractivity contribution is 5.95. The molecule has 1 amide bonds. The highest BCUT2D eigenvalue weighted by Gasteiger charge is 2.37. The van der Waals surface area contributed by atoms with Crippen LogP contribution in [0.3, 0.4) is 0 Å². The number of carbonyl (C=O) groups is 1. The van der Waals surface area contributed by atoms with Gasteiger partial charge in [0.2, 0.25) is 11.8 Å². The Morgan fingerprint density at radius 2 is 1.94 bits per heavy atom. The lowest BCUT2D eigenvalue weighted by atomic mass is 9.86. The molecular formula is C24H27F2N5O. The fraction of sp³-hybridized carbons (Fsp3) is 0.458. The van der Waals surface area contributed by atoms with Gasteiger partial charge in [-0.3, -0.25) is 14.4 Å². The van der Waals surface area contributed by atoms with Crippen LogP contribution in [0.5, 0.6) is 0 Å². The van der Waals surface area contributed by atoms with Crippen LogP contribution in [0.2, 0.25) is 0 Å². The molecule has 1 N–H and O–H groups in total. The minimum absolute atomic E-state index is 0.206. The number of benzene rings is 1. The molecule has 1 aromatic carbocycles. The Kier molecular flexibility index (Phi) is 5.41. The van der Waals surface area contributed by atoms with Gasteiger partial charge in [0, 0.05) is 49.5 Å². The van der Waals surface area contributed by atoms with Crippen LogP contribution in [-0.2, 0) is 18.4 Å². The zero-order valence-corrected chi connectivity index (χ0v) is 18.2. The molecule has 3 aromatic rings. The van der Waals surface area contributed by atoms with E-state index in [1.807, 2.05) is 30.1 Å². The summed E-state index contributed by atoms with van der Waals surface area (Å²) in [6, 6.07) is 8.03. The molecular weight excluding hydrogens is 412 g/mol. The predicted octanol–water partition coefficient (Wildman–Crippen LogP) is 4.61. The summed E-state index contributed by atoms with van der Waals surface area (Å²) in [5, 5.41) is 9.23. The number of rotatable bonds is 5. The molecule has 2 fully saturated rings. The average molecular weight is 440 g/mol. The first-order chi connectivity index (χ1) is 15.4. The molecule has 3 heterocycles. The third kappa shape index (κ3) is 4.24. The Balaban J connectivity index is 1.36. The molecule has 0 atom stereocenters. The van der Waals surface area contributed by atoms with E-state index < -0.39 is 11.8 Å². The minimum atomic E-state index is -2.64. The number of nitrogens with zero attached hydrogens (tertiary/aromatic N) is 4. The van der Waals surface area contributed by atoms with Gasteiger partial charge in [-0.2, -0.15) is 5.10 Å². The van der Waals surface area contributed by atoms with Gasteiger partial charge >= 0.3 is 0 Å². The summed E-state index contributed by atoms with van der Waals surface area (Å²) in [6.45, 7) is 3.12. The van der Waals surface area contributed by atoms with Crippen molar-refractivity contribution in [3.05, 3.63) is 42.4 Å². The fourth-order valence-corrected chi connectivity index (χ4v) is 4.55. The van der Waals surface area contributed by atoms with Crippen LogP contribution in [0.25, 0.3) is 21.9 Å². The van der Waals surface area contributed by atoms with Crippen LogP contribution in [0, 0.1) is 5.92 Å². The lowest BCUT2D eigenvalue weighted by Gasteiger charge is -2.30. The Morgan fingerprint density at radius 1 is 1.16 bits per heavy atom. The quantitative estimate of drug-likeness (QED) is 0.631. The topological polar surface area (TPSA) is 63.1 Å². The lowest BCUT2D eigenvalue weighted by molar-refractivity contribution is -0.124. The van der Waals surface area contributed by atoms with E-state index in [1.54, 1.807) is 6.20 Å². The number of pyridine rings is 1. The average Bonchev–Trinajstić information content (AvgIpc) is 3.10. The van der Waals surface area contributed by atoms with Gasteiger partial charge in [-0.15, -0.1) is 0 Å². The van der Waals surface area contributed by atoms with Gasteiger partial charge in [-0.1, -0.05) is 12.1 Å². The molecule has 8 heteroatoms. The first kappa shape index (κ1) is 21.0. The molecule has 6 nitrogen and oxygen atoms in total. The van der Waals surface area contributed by atoms with E-state index in [0.29, 0.717) is 5.82 Å². The van der Waals surface area contributed by atoms with Crippen molar-refractivity contribution in [3.63, 3.8) is 0 Å². The fourth-order valence-electron chi connectivity index (χ4n) is 4.55. The number of halogens is 2. The lowest BCUT2D eigenvalue weighted by Crippen LogP contribution is -2.37. The van der Waals surface area contributed by atoms with E-state index in [0.717, 1.165) is 41.5 Å². The molecule has 0 radical (unpaired) electrons. The van der Waals surface area contributed by atoms with Crippen LogP contribution in [0.15, 0.2) is 36.7 Å². The van der Waals surface area contributed by atoms with Crippen molar-refractivity contribution in [3.8, 4) is 11.1 Å². The molecule has 1 aliphatic heterocycles. The highest BCUT2D eigenvalue weighted by Crippen LogP contribution is 2.36. The molecule has 1 saturated carbocycles. The summed E-state index contributed by atoms with van der Waals surface area (Å²) >= 11 is 0. The zero-order valence-electron chi connectivity index (χ0n) is 18.2. The van der Waals surface area contributed by atoms with E-state index in [2.05, 4.69) is 32.4 Å². The Hall–Kier alpha value is -2.87. The van der Waals surface area contributed by atoms with Gasteiger partial charge in [0.15, 0.2) is 0 Å². The molecule has 0 bridgehead atoms. The molecule has 1 aliphatic carbocycles. The van der Waals surface area contributed by atoms with Gasteiger partial charge in [0.05, 0.1) is 11.9 Å². The number of likely N-dealkylation sites (tertiary alicyclic amines) is 1. The van der Waals surface area contributed by atoms with Crippen LogP contribution >= 0.6 is 0 Å². The highest BCUT2D eigenvalue weighted by atomic mass is 19.3. The van der Waals surface area contributed by atoms with Crippen molar-refractivity contribution in [2.45, 2.75) is 44.6 Å². The van der Waals surface area contributed by atoms with E-state index in [9.17, 15) is 13.6 Å². The molecule has 1 saturated heterocycles. The summed E-state index contributed by atoms with van der Waals surface area (Å²) in [7, 11) is 1.97. The number of hydrogen-bond acceptors (Lipinski definition) is 4. The van der Waals surface area contributed by atoms with Crippen molar-refractivity contribution >= 4 is 22.5 Å². The summed E-state index contributed by atoms with van der Waals surface area (Å²) in [6.07, 6.45) is 4.82. The number of aromatic nitrogens is 3. The Labute approximate surface area is 185 Å². The standard InChI is InChI=1S/C24H27F2N5O/c1-30-21(15-31-9-2-10-31)20(14-28-30)17-3-4-18-13-27-22(12-19(18)11-17)29-23(32)16-5-7-24(25,26)8-6-16/h3-4,11-14,16H,2,5-10,15H2,1H3,(H,27,29,32). The number of aryl methyl sites for hydroxylation is 1. The SMILES string of the molecule is Cn1ncc(-c2ccc3cnc(NC(=O)C4CCC(F)(F)CC4)cc3c2)c1CN1CCC1. The zero-order chi connectivity index (χ0) is 22.3. The normalized spacial score (nSPS) is 19.1. The first-order valence-electron chi connectivity index (χ1n) is 11.2. The number of carbonyl (C=O) groups excluding carboxylic acids is 1. The smallest absolute Gasteiger partial charge is 0.248 e. The van der Waals surface area contributed by atoms with E-state index in [4.69, 9.17) is 0 Å². The monoisotopic (exact) mass is 439 g/mol. The third-order valence-corrected chi connectivity index (χ3v) is 6.76. The van der Waals surface area contributed by atoms with Crippen molar-refractivity contribution in [2.24, 2.45) is 13.0 Å². The predicted molar refractivity (Wildman–Crippen MR) is 119 cm³/mol. The summed E-state index contributed by atoms with van der Waals surface area (Å²) < 4.78 is 28.7. The second-order valence-corrected chi connectivity index (χ2v) is 9.01. The largest absolute Gasteiger partial charge is 0.310 e. The second kappa shape index (κ2) is 8.24. The van der Waals surface area contributed by atoms with Crippen LogP contribution in [0.4, 0.5) is 14.6 Å². The summed E-state index contributed by atoms with van der Waals surface area (Å²) in [5.41, 5.74) is 3.35. The van der Waals surface area contributed by atoms with Gasteiger partial charge in [0.1, 0.15) is 5.82 Å². The minimum Gasteiger partial charge on any atom is -0.310 e. The van der Waals surface area contributed by atoms with Crippen molar-refractivity contribution in [2.75, 3.05) is 18.4 Å². The number of fused-ring (bicyclic) bond motifs is 1. The third-order valence-electron chi connectivity index (χ3n) is 6.76. The van der Waals surface area contributed by atoms with Crippen molar-refractivity contribution < 1.29 is 13.6 Å². The molecule has 32 heavy (non-hydrogen) atoms. The van der Waals surface area contributed by atoms with E-state index in [-0.39, 0.29) is 31.6 Å². The molecule has 168 valence electrons. The maximum absolute atomic E-state index is 13.4. The van der Waals surface area contributed by atoms with Crippen LogP contribution in [-0.4, -0.2) is 44.6 Å². The summed E-state index contributed by atoms with van der Waals surface area (Å²) in [5.74, 6) is -2.82.